The molecule has 1 saturated carbocycles. The Balaban J connectivity index is 1.30. The van der Waals surface area contributed by atoms with Gasteiger partial charge in [0.05, 0.1) is 11.8 Å². The highest BCUT2D eigenvalue weighted by molar-refractivity contribution is 6.07. The van der Waals surface area contributed by atoms with Crippen LogP contribution in [0.5, 0.6) is 0 Å². The minimum absolute atomic E-state index is 0.0221. The molecular formula is C25H24N2O4. The number of carboxylic acids is 1. The van der Waals surface area contributed by atoms with E-state index in [4.69, 9.17) is 0 Å². The first-order valence-electron chi connectivity index (χ1n) is 10.7. The smallest absolute Gasteiger partial charge is 0.307 e. The van der Waals surface area contributed by atoms with Crippen LogP contribution in [0.1, 0.15) is 28.8 Å². The second-order valence-corrected chi connectivity index (χ2v) is 8.59. The van der Waals surface area contributed by atoms with Crippen molar-refractivity contribution >= 4 is 29.2 Å². The fraction of sp³-hybridized carbons (Fsp3) is 0.320. The van der Waals surface area contributed by atoms with Crippen molar-refractivity contribution in [2.75, 3.05) is 16.8 Å². The Kier molecular flexibility index (Phi) is 4.85. The Bertz CT molecular complexity index is 1080. The number of hydrogen-bond donors (Lipinski definition) is 2. The van der Waals surface area contributed by atoms with Gasteiger partial charge in [-0.1, -0.05) is 30.4 Å². The number of carboxylic acid groups (broad SMARTS) is 1. The lowest BCUT2D eigenvalue weighted by Crippen LogP contribution is -2.36. The second-order valence-electron chi connectivity index (χ2n) is 8.59. The maximum atomic E-state index is 13.1. The molecule has 0 radical (unpaired) electrons. The van der Waals surface area contributed by atoms with Crippen molar-refractivity contribution in [1.29, 1.82) is 0 Å². The topological polar surface area (TPSA) is 86.7 Å². The molecule has 6 heteroatoms. The van der Waals surface area contributed by atoms with Gasteiger partial charge < -0.3 is 15.3 Å². The molecule has 2 amide bonds. The van der Waals surface area contributed by atoms with Crippen molar-refractivity contribution in [1.82, 2.24) is 0 Å². The van der Waals surface area contributed by atoms with Gasteiger partial charge in [-0.25, -0.2) is 0 Å². The number of allylic oxidation sites excluding steroid dienone is 2. The molecule has 0 saturated heterocycles. The molecule has 2 bridgehead atoms. The number of carbonyl (C=O) groups is 3. The monoisotopic (exact) mass is 416 g/mol. The molecule has 2 N–H and O–H groups in total. The first-order valence-corrected chi connectivity index (χ1v) is 10.7. The van der Waals surface area contributed by atoms with Crippen LogP contribution >= 0.6 is 0 Å². The first kappa shape index (κ1) is 19.5. The molecule has 5 rings (SSSR count). The van der Waals surface area contributed by atoms with E-state index in [1.807, 2.05) is 35.3 Å². The SMILES string of the molecule is O=C(O)C1C2C=CC(C2)C1C(=O)Nc1ccc(C(=O)N2CCCc3ccccc32)cc1. The molecule has 1 aliphatic heterocycles. The van der Waals surface area contributed by atoms with E-state index < -0.39 is 17.8 Å². The molecule has 4 atom stereocenters. The normalized spacial score (nSPS) is 25.9. The van der Waals surface area contributed by atoms with Gasteiger partial charge in [0.25, 0.3) is 5.91 Å². The zero-order valence-electron chi connectivity index (χ0n) is 17.0. The summed E-state index contributed by atoms with van der Waals surface area (Å²) >= 11 is 0. The van der Waals surface area contributed by atoms with Crippen LogP contribution in [0.15, 0.2) is 60.7 Å². The Morgan fingerprint density at radius 1 is 0.935 bits per heavy atom. The highest BCUT2D eigenvalue weighted by Gasteiger charge is 2.51. The van der Waals surface area contributed by atoms with E-state index in [9.17, 15) is 19.5 Å². The van der Waals surface area contributed by atoms with Gasteiger partial charge in [-0.15, -0.1) is 0 Å². The van der Waals surface area contributed by atoms with Crippen molar-refractivity contribution in [2.24, 2.45) is 23.7 Å². The molecule has 6 nitrogen and oxygen atoms in total. The van der Waals surface area contributed by atoms with E-state index in [0.29, 0.717) is 17.8 Å². The molecule has 158 valence electrons. The van der Waals surface area contributed by atoms with Gasteiger partial charge in [-0.2, -0.15) is 0 Å². The van der Waals surface area contributed by atoms with E-state index in [0.717, 1.165) is 24.9 Å². The van der Waals surface area contributed by atoms with Crippen LogP contribution in [-0.4, -0.2) is 29.4 Å². The standard InChI is InChI=1S/C25H24N2O4/c28-23(21-17-7-8-18(14-17)22(21)25(30)31)26-19-11-9-16(10-12-19)24(29)27-13-3-5-15-4-1-2-6-20(15)27/h1-2,4,6-12,17-18,21-22H,3,5,13-14H2,(H,26,28)(H,30,31). The van der Waals surface area contributed by atoms with Gasteiger partial charge in [-0.3, -0.25) is 14.4 Å². The molecule has 0 aromatic heterocycles. The lowest BCUT2D eigenvalue weighted by atomic mass is 9.82. The quantitative estimate of drug-likeness (QED) is 0.744. The zero-order valence-corrected chi connectivity index (χ0v) is 17.0. The minimum atomic E-state index is -0.917. The average molecular weight is 416 g/mol. The lowest BCUT2D eigenvalue weighted by Gasteiger charge is -2.29. The molecule has 1 heterocycles. The van der Waals surface area contributed by atoms with Crippen LogP contribution < -0.4 is 10.2 Å². The molecule has 4 unspecified atom stereocenters. The molecule has 3 aliphatic rings. The van der Waals surface area contributed by atoms with Gasteiger partial charge >= 0.3 is 5.97 Å². The number of hydrogen-bond acceptors (Lipinski definition) is 3. The van der Waals surface area contributed by atoms with E-state index in [1.54, 1.807) is 24.3 Å². The highest BCUT2D eigenvalue weighted by atomic mass is 16.4. The molecular weight excluding hydrogens is 392 g/mol. The van der Waals surface area contributed by atoms with Crippen LogP contribution in [0.4, 0.5) is 11.4 Å². The van der Waals surface area contributed by atoms with Crippen LogP contribution in [-0.2, 0) is 16.0 Å². The maximum Gasteiger partial charge on any atom is 0.307 e. The molecule has 0 spiro atoms. The van der Waals surface area contributed by atoms with Crippen LogP contribution in [0.2, 0.25) is 0 Å². The number of amides is 2. The number of nitrogens with one attached hydrogen (secondary N) is 1. The number of nitrogens with zero attached hydrogens (tertiary/aromatic N) is 1. The zero-order chi connectivity index (χ0) is 21.5. The number of fused-ring (bicyclic) bond motifs is 3. The number of benzene rings is 2. The van der Waals surface area contributed by atoms with Gasteiger partial charge in [0.15, 0.2) is 0 Å². The third-order valence-electron chi connectivity index (χ3n) is 6.80. The highest BCUT2D eigenvalue weighted by Crippen LogP contribution is 2.48. The molecule has 31 heavy (non-hydrogen) atoms. The third kappa shape index (κ3) is 3.42. The number of para-hydroxylation sites is 1. The number of anilines is 2. The summed E-state index contributed by atoms with van der Waals surface area (Å²) < 4.78 is 0. The first-order chi connectivity index (χ1) is 15.0. The molecule has 1 fully saturated rings. The maximum absolute atomic E-state index is 13.1. The van der Waals surface area contributed by atoms with Gasteiger partial charge in [0, 0.05) is 23.5 Å². The number of carbonyl (C=O) groups excluding carboxylic acids is 2. The number of aliphatic carboxylic acids is 1. The summed E-state index contributed by atoms with van der Waals surface area (Å²) in [5.41, 5.74) is 3.26. The van der Waals surface area contributed by atoms with Gasteiger partial charge in [0.2, 0.25) is 5.91 Å². The Hall–Kier alpha value is -3.41. The fourth-order valence-electron chi connectivity index (χ4n) is 5.34. The van der Waals surface area contributed by atoms with E-state index in [2.05, 4.69) is 11.4 Å². The largest absolute Gasteiger partial charge is 0.481 e. The summed E-state index contributed by atoms with van der Waals surface area (Å²) in [6.07, 6.45) is 6.51. The van der Waals surface area contributed by atoms with Crippen molar-refractivity contribution in [3.8, 4) is 0 Å². The number of rotatable bonds is 4. The summed E-state index contributed by atoms with van der Waals surface area (Å²) in [5, 5.41) is 12.4. The summed E-state index contributed by atoms with van der Waals surface area (Å²) in [6.45, 7) is 0.683. The van der Waals surface area contributed by atoms with Gasteiger partial charge in [0.1, 0.15) is 0 Å². The number of aryl methyl sites for hydroxylation is 1. The van der Waals surface area contributed by atoms with Crippen LogP contribution in [0.25, 0.3) is 0 Å². The molecule has 2 aromatic carbocycles. The van der Waals surface area contributed by atoms with Crippen molar-refractivity contribution in [2.45, 2.75) is 19.3 Å². The Labute approximate surface area is 180 Å². The predicted molar refractivity (Wildman–Crippen MR) is 117 cm³/mol. The lowest BCUT2D eigenvalue weighted by molar-refractivity contribution is -0.146. The van der Waals surface area contributed by atoms with E-state index in [1.165, 1.54) is 5.56 Å². The Morgan fingerprint density at radius 2 is 1.65 bits per heavy atom. The van der Waals surface area contributed by atoms with E-state index >= 15 is 0 Å². The molecule has 2 aromatic rings. The average Bonchev–Trinajstić information content (AvgIpc) is 3.41. The van der Waals surface area contributed by atoms with Crippen molar-refractivity contribution < 1.29 is 19.5 Å². The summed E-state index contributed by atoms with van der Waals surface area (Å²) in [4.78, 5) is 39.4. The predicted octanol–water partition coefficient (Wildman–Crippen LogP) is 3.74. The summed E-state index contributed by atoms with van der Waals surface area (Å²) in [5.74, 6) is -2.56. The van der Waals surface area contributed by atoms with Gasteiger partial charge in [-0.05, 0) is 67.0 Å². The van der Waals surface area contributed by atoms with E-state index in [-0.39, 0.29) is 23.7 Å². The van der Waals surface area contributed by atoms with Crippen LogP contribution in [0.3, 0.4) is 0 Å². The fourth-order valence-corrected chi connectivity index (χ4v) is 5.34. The van der Waals surface area contributed by atoms with Crippen molar-refractivity contribution in [3.63, 3.8) is 0 Å². The summed E-state index contributed by atoms with van der Waals surface area (Å²) in [6, 6.07) is 14.8. The van der Waals surface area contributed by atoms with Crippen molar-refractivity contribution in [3.05, 3.63) is 71.8 Å². The molecule has 2 aliphatic carbocycles. The Morgan fingerprint density at radius 3 is 2.39 bits per heavy atom. The third-order valence-corrected chi connectivity index (χ3v) is 6.80. The minimum Gasteiger partial charge on any atom is -0.481 e. The second kappa shape index (κ2) is 7.69. The van der Waals surface area contributed by atoms with Crippen LogP contribution in [0, 0.1) is 23.7 Å². The summed E-state index contributed by atoms with van der Waals surface area (Å²) in [7, 11) is 0.